The van der Waals surface area contributed by atoms with Crippen molar-refractivity contribution >= 4 is 10.0 Å². The largest absolute Gasteiger partial charge is 0.304 e. The fourth-order valence-corrected chi connectivity index (χ4v) is 3.48. The quantitative estimate of drug-likeness (QED) is 0.788. The highest BCUT2D eigenvalue weighted by molar-refractivity contribution is 7.89. The lowest BCUT2D eigenvalue weighted by atomic mass is 10.0. The van der Waals surface area contributed by atoms with Gasteiger partial charge >= 0.3 is 0 Å². The second kappa shape index (κ2) is 3.04. The van der Waals surface area contributed by atoms with Gasteiger partial charge in [0.05, 0.1) is 0 Å². The zero-order chi connectivity index (χ0) is 11.5. The fraction of sp³-hybridized carbons (Fsp3) is 0.778. The minimum absolute atomic E-state index is 0.136. The molecule has 0 bridgehead atoms. The Hall–Kier alpha value is -0.950. The Morgan fingerprint density at radius 3 is 2.38 bits per heavy atom. The summed E-state index contributed by atoms with van der Waals surface area (Å²) in [7, 11) is -2.09. The third-order valence-electron chi connectivity index (χ3n) is 3.73. The second-order valence-electron chi connectivity index (χ2n) is 4.87. The van der Waals surface area contributed by atoms with E-state index in [1.807, 2.05) is 0 Å². The lowest BCUT2D eigenvalue weighted by Crippen LogP contribution is -2.18. The average molecular weight is 242 g/mol. The number of hydrogen-bond donors (Lipinski definition) is 1. The number of primary sulfonamides is 1. The normalized spacial score (nSPS) is 32.8. The van der Waals surface area contributed by atoms with Gasteiger partial charge in [-0.3, -0.25) is 0 Å². The predicted molar refractivity (Wildman–Crippen MR) is 55.9 cm³/mol. The molecule has 3 rings (SSSR count). The molecule has 2 saturated carbocycles. The van der Waals surface area contributed by atoms with Crippen LogP contribution in [0.4, 0.5) is 0 Å². The molecule has 1 heterocycles. The van der Waals surface area contributed by atoms with Crippen LogP contribution < -0.4 is 5.14 Å². The molecule has 2 atom stereocenters. The van der Waals surface area contributed by atoms with Crippen LogP contribution in [0.3, 0.4) is 0 Å². The smallest absolute Gasteiger partial charge is 0.273 e. The van der Waals surface area contributed by atoms with Crippen molar-refractivity contribution in [2.24, 2.45) is 24.0 Å². The summed E-state index contributed by atoms with van der Waals surface area (Å²) in [5.74, 6) is 2.78. The number of nitrogens with two attached hydrogens (primary N) is 1. The van der Waals surface area contributed by atoms with Gasteiger partial charge in [0.1, 0.15) is 5.82 Å². The Morgan fingerprint density at radius 1 is 1.25 bits per heavy atom. The molecule has 2 aliphatic carbocycles. The van der Waals surface area contributed by atoms with E-state index in [1.54, 1.807) is 7.05 Å². The van der Waals surface area contributed by atoms with Gasteiger partial charge in [0.2, 0.25) is 0 Å². The zero-order valence-corrected chi connectivity index (χ0v) is 9.81. The highest BCUT2D eigenvalue weighted by Gasteiger charge is 2.47. The van der Waals surface area contributed by atoms with Gasteiger partial charge in [-0.2, -0.15) is 0 Å². The van der Waals surface area contributed by atoms with Gasteiger partial charge < -0.3 is 4.57 Å². The highest BCUT2D eigenvalue weighted by atomic mass is 32.2. The van der Waals surface area contributed by atoms with Gasteiger partial charge in [-0.05, 0) is 31.1 Å². The summed E-state index contributed by atoms with van der Waals surface area (Å²) in [6.07, 6.45) is 3.55. The van der Waals surface area contributed by atoms with E-state index < -0.39 is 10.0 Å². The Morgan fingerprint density at radius 2 is 1.88 bits per heavy atom. The maximum Gasteiger partial charge on any atom is 0.273 e. The van der Waals surface area contributed by atoms with Crippen LogP contribution in [-0.4, -0.2) is 23.2 Å². The van der Waals surface area contributed by atoms with Gasteiger partial charge in [0.25, 0.3) is 15.2 Å². The van der Waals surface area contributed by atoms with E-state index in [1.165, 1.54) is 11.0 Å². The number of nitrogens with zero attached hydrogens (tertiary/aromatic N) is 3. The summed E-state index contributed by atoms with van der Waals surface area (Å²) < 4.78 is 23.9. The van der Waals surface area contributed by atoms with Crippen LogP contribution in [0, 0.1) is 11.8 Å². The topological polar surface area (TPSA) is 90.9 Å². The molecule has 7 heteroatoms. The number of aromatic nitrogens is 3. The van der Waals surface area contributed by atoms with Crippen molar-refractivity contribution in [3.63, 3.8) is 0 Å². The lowest BCUT2D eigenvalue weighted by molar-refractivity contribution is 0.548. The molecule has 16 heavy (non-hydrogen) atoms. The first-order valence-corrected chi connectivity index (χ1v) is 6.93. The Labute approximate surface area is 93.9 Å². The van der Waals surface area contributed by atoms with Crippen molar-refractivity contribution in [3.05, 3.63) is 5.82 Å². The third kappa shape index (κ3) is 1.46. The zero-order valence-electron chi connectivity index (χ0n) is 9.00. The number of sulfonamides is 1. The molecule has 6 nitrogen and oxygen atoms in total. The third-order valence-corrected chi connectivity index (χ3v) is 4.60. The lowest BCUT2D eigenvalue weighted by Gasteiger charge is -2.10. The molecule has 0 saturated heterocycles. The standard InChI is InChI=1S/C9H14N4O2S/c1-13-8(7-3-5-2-6(5)4-7)11-12-9(13)16(10,14)15/h5-7H,2-4H2,1H3,(H2,10,14,15). The van der Waals surface area contributed by atoms with Crippen molar-refractivity contribution in [3.8, 4) is 0 Å². The van der Waals surface area contributed by atoms with Crippen molar-refractivity contribution < 1.29 is 8.42 Å². The molecule has 2 aliphatic rings. The first-order chi connectivity index (χ1) is 7.47. The van der Waals surface area contributed by atoms with E-state index in [0.29, 0.717) is 5.92 Å². The number of hydrogen-bond acceptors (Lipinski definition) is 4. The summed E-state index contributed by atoms with van der Waals surface area (Å²) in [4.78, 5) is 0. The molecule has 0 amide bonds. The molecule has 1 aromatic rings. The van der Waals surface area contributed by atoms with Crippen LogP contribution in [0.1, 0.15) is 31.0 Å². The van der Waals surface area contributed by atoms with Crippen LogP contribution in [0.15, 0.2) is 5.16 Å². The Kier molecular flexibility index (Phi) is 1.94. The summed E-state index contributed by atoms with van der Waals surface area (Å²) in [5.41, 5.74) is 0. The molecule has 88 valence electrons. The van der Waals surface area contributed by atoms with E-state index in [0.717, 1.165) is 30.5 Å². The van der Waals surface area contributed by atoms with Crippen molar-refractivity contribution in [1.82, 2.24) is 14.8 Å². The molecule has 2 fully saturated rings. The van der Waals surface area contributed by atoms with Gasteiger partial charge in [-0.15, -0.1) is 10.2 Å². The summed E-state index contributed by atoms with van der Waals surface area (Å²) in [5, 5.41) is 12.6. The molecular formula is C9H14N4O2S. The predicted octanol–water partition coefficient (Wildman–Crippen LogP) is -0.0240. The van der Waals surface area contributed by atoms with Crippen molar-refractivity contribution in [2.75, 3.05) is 0 Å². The minimum atomic E-state index is -3.76. The first-order valence-electron chi connectivity index (χ1n) is 5.39. The highest BCUT2D eigenvalue weighted by Crippen LogP contribution is 2.57. The monoisotopic (exact) mass is 242 g/mol. The van der Waals surface area contributed by atoms with Crippen molar-refractivity contribution in [1.29, 1.82) is 0 Å². The van der Waals surface area contributed by atoms with Crippen LogP contribution in [0.25, 0.3) is 0 Å². The van der Waals surface area contributed by atoms with Crippen LogP contribution in [-0.2, 0) is 17.1 Å². The van der Waals surface area contributed by atoms with Crippen LogP contribution in [0.5, 0.6) is 0 Å². The molecule has 0 spiro atoms. The summed E-state index contributed by atoms with van der Waals surface area (Å²) >= 11 is 0. The van der Waals surface area contributed by atoms with E-state index in [4.69, 9.17) is 5.14 Å². The van der Waals surface area contributed by atoms with Gasteiger partial charge in [0.15, 0.2) is 0 Å². The van der Waals surface area contributed by atoms with E-state index in [2.05, 4.69) is 10.2 Å². The van der Waals surface area contributed by atoms with Gasteiger partial charge in [0, 0.05) is 13.0 Å². The summed E-state index contributed by atoms with van der Waals surface area (Å²) in [6.45, 7) is 0. The van der Waals surface area contributed by atoms with Crippen molar-refractivity contribution in [2.45, 2.75) is 30.3 Å². The van der Waals surface area contributed by atoms with E-state index in [-0.39, 0.29) is 5.16 Å². The minimum Gasteiger partial charge on any atom is -0.304 e. The van der Waals surface area contributed by atoms with Crippen LogP contribution >= 0.6 is 0 Å². The molecule has 0 aliphatic heterocycles. The maximum absolute atomic E-state index is 11.2. The SMILES string of the molecule is Cn1c(C2CC3CC3C2)nnc1S(N)(=O)=O. The summed E-state index contributed by atoms with van der Waals surface area (Å²) in [6, 6.07) is 0. The average Bonchev–Trinajstić information content (AvgIpc) is 2.62. The molecule has 2 N–H and O–H groups in total. The molecule has 0 aromatic carbocycles. The maximum atomic E-state index is 11.2. The van der Waals surface area contributed by atoms with Gasteiger partial charge in [-0.25, -0.2) is 13.6 Å². The second-order valence-corrected chi connectivity index (χ2v) is 6.32. The molecule has 0 radical (unpaired) electrons. The van der Waals surface area contributed by atoms with E-state index >= 15 is 0 Å². The molecule has 2 unspecified atom stereocenters. The Bertz CT molecular complexity index is 526. The Balaban J connectivity index is 1.94. The van der Waals surface area contributed by atoms with Crippen LogP contribution in [0.2, 0.25) is 0 Å². The van der Waals surface area contributed by atoms with Gasteiger partial charge in [-0.1, -0.05) is 0 Å². The molecular weight excluding hydrogens is 228 g/mol. The first kappa shape index (κ1) is 10.2. The number of fused-ring (bicyclic) bond motifs is 1. The molecule has 1 aromatic heterocycles. The number of rotatable bonds is 2. The fourth-order valence-electron chi connectivity index (χ4n) is 2.86. The van der Waals surface area contributed by atoms with E-state index in [9.17, 15) is 8.42 Å².